The Kier molecular flexibility index (Phi) is 6.79. The van der Waals surface area contributed by atoms with Crippen LogP contribution < -0.4 is 5.73 Å². The minimum Gasteiger partial charge on any atom is -0.369 e. The summed E-state index contributed by atoms with van der Waals surface area (Å²) in [6, 6.07) is 6.65. The van der Waals surface area contributed by atoms with Crippen molar-refractivity contribution < 1.29 is 14.0 Å². The molecule has 7 heteroatoms. The van der Waals surface area contributed by atoms with Gasteiger partial charge in [0.25, 0.3) is 0 Å². The van der Waals surface area contributed by atoms with Crippen LogP contribution >= 0.6 is 0 Å². The molecule has 2 fully saturated rings. The number of carbonyl (C=O) groups excluding carboxylic acids is 2. The van der Waals surface area contributed by atoms with Gasteiger partial charge in [-0.1, -0.05) is 12.1 Å². The second-order valence-corrected chi connectivity index (χ2v) is 7.61. The number of amides is 2. The van der Waals surface area contributed by atoms with Gasteiger partial charge in [-0.3, -0.25) is 19.4 Å². The fourth-order valence-electron chi connectivity index (χ4n) is 3.92. The van der Waals surface area contributed by atoms with Crippen LogP contribution in [0.5, 0.6) is 0 Å². The van der Waals surface area contributed by atoms with Gasteiger partial charge in [0.2, 0.25) is 11.8 Å². The van der Waals surface area contributed by atoms with Gasteiger partial charge in [-0.2, -0.15) is 0 Å². The topological polar surface area (TPSA) is 69.9 Å². The average molecular weight is 376 g/mol. The highest BCUT2D eigenvalue weighted by Crippen LogP contribution is 2.17. The zero-order valence-electron chi connectivity index (χ0n) is 15.8. The van der Waals surface area contributed by atoms with Gasteiger partial charge in [-0.15, -0.1) is 0 Å². The number of nitrogens with zero attached hydrogens (tertiary/aromatic N) is 3. The Morgan fingerprint density at radius 3 is 2.44 bits per heavy atom. The van der Waals surface area contributed by atoms with Crippen LogP contribution in [-0.4, -0.2) is 72.3 Å². The zero-order chi connectivity index (χ0) is 19.2. The molecular formula is C20H29FN4O2. The fourth-order valence-corrected chi connectivity index (χ4v) is 3.92. The van der Waals surface area contributed by atoms with E-state index < -0.39 is 0 Å². The Bertz CT molecular complexity index is 652. The summed E-state index contributed by atoms with van der Waals surface area (Å²) >= 11 is 0. The summed E-state index contributed by atoms with van der Waals surface area (Å²) in [5, 5.41) is 0. The van der Waals surface area contributed by atoms with Gasteiger partial charge in [-0.25, -0.2) is 4.39 Å². The molecule has 2 saturated heterocycles. The number of primary amides is 1. The Hall–Kier alpha value is -1.99. The minimum absolute atomic E-state index is 0.0907. The first kappa shape index (κ1) is 19.8. The summed E-state index contributed by atoms with van der Waals surface area (Å²) in [7, 11) is 0. The molecule has 0 aliphatic carbocycles. The number of piperidine rings is 1. The molecule has 3 rings (SSSR count). The summed E-state index contributed by atoms with van der Waals surface area (Å²) in [5.41, 5.74) is 6.51. The Labute approximate surface area is 160 Å². The lowest BCUT2D eigenvalue weighted by Gasteiger charge is -2.33. The molecule has 148 valence electrons. The van der Waals surface area contributed by atoms with E-state index in [4.69, 9.17) is 5.73 Å². The number of benzene rings is 1. The molecule has 0 saturated carbocycles. The normalized spacial score (nSPS) is 22.4. The Morgan fingerprint density at radius 2 is 1.70 bits per heavy atom. The number of nitrogens with two attached hydrogens (primary N) is 1. The van der Waals surface area contributed by atoms with Gasteiger partial charge in [-0.05, 0) is 50.0 Å². The third-order valence-electron chi connectivity index (χ3n) is 5.54. The van der Waals surface area contributed by atoms with Crippen LogP contribution in [-0.2, 0) is 16.1 Å². The van der Waals surface area contributed by atoms with E-state index in [1.807, 2.05) is 12.1 Å². The average Bonchev–Trinajstić information content (AvgIpc) is 2.89. The molecule has 0 aromatic heterocycles. The molecule has 0 spiro atoms. The summed E-state index contributed by atoms with van der Waals surface area (Å²) in [6.07, 6.45) is 2.62. The van der Waals surface area contributed by atoms with E-state index in [9.17, 15) is 14.0 Å². The monoisotopic (exact) mass is 376 g/mol. The highest BCUT2D eigenvalue weighted by molar-refractivity contribution is 5.81. The lowest BCUT2D eigenvalue weighted by molar-refractivity contribution is -0.136. The van der Waals surface area contributed by atoms with Crippen LogP contribution in [0, 0.1) is 11.7 Å². The quantitative estimate of drug-likeness (QED) is 0.834. The van der Waals surface area contributed by atoms with Gasteiger partial charge < -0.3 is 10.6 Å². The highest BCUT2D eigenvalue weighted by atomic mass is 19.1. The van der Waals surface area contributed by atoms with Gasteiger partial charge >= 0.3 is 0 Å². The summed E-state index contributed by atoms with van der Waals surface area (Å²) in [5.74, 6) is -0.639. The number of carbonyl (C=O) groups is 2. The zero-order valence-corrected chi connectivity index (χ0v) is 15.8. The van der Waals surface area contributed by atoms with E-state index in [1.165, 1.54) is 12.1 Å². The van der Waals surface area contributed by atoms with E-state index in [0.29, 0.717) is 19.6 Å². The van der Waals surface area contributed by atoms with Crippen LogP contribution in [0.15, 0.2) is 24.3 Å². The van der Waals surface area contributed by atoms with E-state index >= 15 is 0 Å². The summed E-state index contributed by atoms with van der Waals surface area (Å²) in [6.45, 7) is 5.94. The molecule has 0 radical (unpaired) electrons. The van der Waals surface area contributed by atoms with Crippen LogP contribution in [0.2, 0.25) is 0 Å². The van der Waals surface area contributed by atoms with Crippen molar-refractivity contribution >= 4 is 11.8 Å². The largest absolute Gasteiger partial charge is 0.369 e. The lowest BCUT2D eigenvalue weighted by Crippen LogP contribution is -2.48. The van der Waals surface area contributed by atoms with E-state index in [1.54, 1.807) is 4.90 Å². The van der Waals surface area contributed by atoms with E-state index in [2.05, 4.69) is 9.80 Å². The van der Waals surface area contributed by atoms with Crippen molar-refractivity contribution in [3.8, 4) is 0 Å². The first-order valence-electron chi connectivity index (χ1n) is 9.77. The molecule has 0 bridgehead atoms. The molecule has 1 atom stereocenters. The SMILES string of the molecule is NC(=O)C1CCCN(C(=O)CN2CCCN(Cc3ccc(F)cc3)CC2)C1. The van der Waals surface area contributed by atoms with Crippen LogP contribution in [0.1, 0.15) is 24.8 Å². The van der Waals surface area contributed by atoms with E-state index in [0.717, 1.165) is 57.5 Å². The van der Waals surface area contributed by atoms with Gasteiger partial charge in [0.15, 0.2) is 0 Å². The standard InChI is InChI=1S/C20H29FN4O2/c21-18-6-4-16(5-7-18)13-23-8-2-9-24(12-11-23)15-19(26)25-10-1-3-17(14-25)20(22)27/h4-7,17H,1-3,8-15H2,(H2,22,27). The highest BCUT2D eigenvalue weighted by Gasteiger charge is 2.28. The Balaban J connectivity index is 1.47. The molecule has 6 nitrogen and oxygen atoms in total. The van der Waals surface area contributed by atoms with Crippen molar-refractivity contribution in [2.24, 2.45) is 11.7 Å². The Morgan fingerprint density at radius 1 is 1.00 bits per heavy atom. The first-order valence-corrected chi connectivity index (χ1v) is 9.77. The van der Waals surface area contributed by atoms with Crippen LogP contribution in [0.25, 0.3) is 0 Å². The van der Waals surface area contributed by atoms with Crippen LogP contribution in [0.4, 0.5) is 4.39 Å². The van der Waals surface area contributed by atoms with Gasteiger partial charge in [0.1, 0.15) is 5.82 Å². The lowest BCUT2D eigenvalue weighted by atomic mass is 9.97. The minimum atomic E-state index is -0.307. The van der Waals surface area contributed by atoms with Gasteiger partial charge in [0.05, 0.1) is 12.5 Å². The first-order chi connectivity index (χ1) is 13.0. The number of likely N-dealkylation sites (tertiary alicyclic amines) is 1. The van der Waals surface area contributed by atoms with Crippen molar-refractivity contribution in [3.05, 3.63) is 35.6 Å². The number of hydrogen-bond donors (Lipinski definition) is 1. The predicted molar refractivity (Wildman–Crippen MR) is 101 cm³/mol. The third-order valence-corrected chi connectivity index (χ3v) is 5.54. The maximum atomic E-state index is 13.0. The molecular weight excluding hydrogens is 347 g/mol. The maximum Gasteiger partial charge on any atom is 0.236 e. The van der Waals surface area contributed by atoms with Crippen LogP contribution in [0.3, 0.4) is 0 Å². The smallest absolute Gasteiger partial charge is 0.236 e. The molecule has 2 aliphatic rings. The molecule has 2 heterocycles. The fraction of sp³-hybridized carbons (Fsp3) is 0.600. The predicted octanol–water partition coefficient (Wildman–Crippen LogP) is 1.06. The number of rotatable bonds is 5. The molecule has 1 aromatic rings. The molecule has 1 unspecified atom stereocenters. The maximum absolute atomic E-state index is 13.0. The second kappa shape index (κ2) is 9.28. The van der Waals surface area contributed by atoms with Crippen molar-refractivity contribution in [2.75, 3.05) is 45.8 Å². The third kappa shape index (κ3) is 5.74. The molecule has 2 amide bonds. The molecule has 2 aliphatic heterocycles. The summed E-state index contributed by atoms with van der Waals surface area (Å²) in [4.78, 5) is 30.4. The molecule has 27 heavy (non-hydrogen) atoms. The number of hydrogen-bond acceptors (Lipinski definition) is 4. The summed E-state index contributed by atoms with van der Waals surface area (Å²) < 4.78 is 13.0. The second-order valence-electron chi connectivity index (χ2n) is 7.61. The van der Waals surface area contributed by atoms with Crippen molar-refractivity contribution in [3.63, 3.8) is 0 Å². The molecule has 1 aromatic carbocycles. The van der Waals surface area contributed by atoms with Crippen molar-refractivity contribution in [1.29, 1.82) is 0 Å². The molecule has 2 N–H and O–H groups in total. The van der Waals surface area contributed by atoms with E-state index in [-0.39, 0.29) is 23.5 Å². The van der Waals surface area contributed by atoms with Gasteiger partial charge in [0, 0.05) is 32.7 Å². The van der Waals surface area contributed by atoms with Crippen molar-refractivity contribution in [2.45, 2.75) is 25.8 Å². The van der Waals surface area contributed by atoms with Crippen molar-refractivity contribution in [1.82, 2.24) is 14.7 Å². The number of halogens is 1.